The first-order valence-corrected chi connectivity index (χ1v) is 7.22. The molecule has 0 bridgehead atoms. The van der Waals surface area contributed by atoms with Crippen LogP contribution in [0.1, 0.15) is 11.4 Å². The molecule has 0 amide bonds. The summed E-state index contributed by atoms with van der Waals surface area (Å²) in [5.74, 6) is -0.344. The predicted molar refractivity (Wildman–Crippen MR) is 84.6 cm³/mol. The quantitative estimate of drug-likeness (QED) is 0.757. The van der Waals surface area contributed by atoms with Crippen molar-refractivity contribution in [3.63, 3.8) is 0 Å². The number of ether oxygens (including phenoxy) is 1. The zero-order chi connectivity index (χ0) is 17.1. The first kappa shape index (κ1) is 16.0. The summed E-state index contributed by atoms with van der Waals surface area (Å²) in [6.07, 6.45) is 1.23. The Morgan fingerprint density at radius 1 is 1.17 bits per heavy atom. The SMILES string of the molecule is Cc1cc(NCc2ccc(OC(F)F)cn2)c2cc(F)ccc2n1. The molecule has 7 heteroatoms. The number of anilines is 1. The molecular weight excluding hydrogens is 319 g/mol. The van der Waals surface area contributed by atoms with Crippen LogP contribution >= 0.6 is 0 Å². The summed E-state index contributed by atoms with van der Waals surface area (Å²) in [6, 6.07) is 9.22. The topological polar surface area (TPSA) is 47.0 Å². The first-order valence-electron chi connectivity index (χ1n) is 7.22. The van der Waals surface area contributed by atoms with Crippen LogP contribution in [0.15, 0.2) is 42.6 Å². The molecule has 0 aliphatic heterocycles. The van der Waals surface area contributed by atoms with Crippen molar-refractivity contribution in [3.05, 3.63) is 59.8 Å². The predicted octanol–water partition coefficient (Wildman–Crippen LogP) is 4.29. The molecule has 0 aliphatic rings. The number of benzene rings is 1. The lowest BCUT2D eigenvalue weighted by molar-refractivity contribution is -0.0500. The summed E-state index contributed by atoms with van der Waals surface area (Å²) in [7, 11) is 0. The minimum Gasteiger partial charge on any atom is -0.433 e. The van der Waals surface area contributed by atoms with Gasteiger partial charge in [0.05, 0.1) is 24.0 Å². The Morgan fingerprint density at radius 2 is 2.00 bits per heavy atom. The van der Waals surface area contributed by atoms with Gasteiger partial charge in [0, 0.05) is 16.8 Å². The first-order chi connectivity index (χ1) is 11.5. The van der Waals surface area contributed by atoms with E-state index in [1.54, 1.807) is 12.1 Å². The maximum absolute atomic E-state index is 13.5. The Balaban J connectivity index is 1.79. The van der Waals surface area contributed by atoms with Crippen LogP contribution in [0.3, 0.4) is 0 Å². The fourth-order valence-corrected chi connectivity index (χ4v) is 2.35. The monoisotopic (exact) mass is 333 g/mol. The largest absolute Gasteiger partial charge is 0.433 e. The van der Waals surface area contributed by atoms with E-state index in [2.05, 4.69) is 20.0 Å². The second-order valence-corrected chi connectivity index (χ2v) is 5.19. The van der Waals surface area contributed by atoms with Gasteiger partial charge in [-0.2, -0.15) is 8.78 Å². The molecule has 2 heterocycles. The number of hydrogen-bond donors (Lipinski definition) is 1. The molecule has 0 atom stereocenters. The van der Waals surface area contributed by atoms with Gasteiger partial charge in [-0.3, -0.25) is 9.97 Å². The lowest BCUT2D eigenvalue weighted by Crippen LogP contribution is -2.05. The number of pyridine rings is 2. The van der Waals surface area contributed by atoms with Gasteiger partial charge in [0.25, 0.3) is 0 Å². The van der Waals surface area contributed by atoms with Crippen LogP contribution in [0.5, 0.6) is 5.75 Å². The summed E-state index contributed by atoms with van der Waals surface area (Å²) in [5.41, 5.74) is 2.85. The zero-order valence-electron chi connectivity index (χ0n) is 12.8. The maximum atomic E-state index is 13.5. The highest BCUT2D eigenvalue weighted by atomic mass is 19.3. The Morgan fingerprint density at radius 3 is 2.71 bits per heavy atom. The van der Waals surface area contributed by atoms with Crippen molar-refractivity contribution in [2.45, 2.75) is 20.1 Å². The molecule has 4 nitrogen and oxygen atoms in total. The van der Waals surface area contributed by atoms with E-state index in [1.807, 2.05) is 13.0 Å². The second-order valence-electron chi connectivity index (χ2n) is 5.19. The van der Waals surface area contributed by atoms with Crippen molar-refractivity contribution in [1.82, 2.24) is 9.97 Å². The Hall–Kier alpha value is -2.83. The minimum absolute atomic E-state index is 0.000950. The number of halogens is 3. The lowest BCUT2D eigenvalue weighted by atomic mass is 10.1. The van der Waals surface area contributed by atoms with E-state index in [-0.39, 0.29) is 11.6 Å². The van der Waals surface area contributed by atoms with Gasteiger partial charge >= 0.3 is 6.61 Å². The summed E-state index contributed by atoms with van der Waals surface area (Å²) >= 11 is 0. The van der Waals surface area contributed by atoms with Crippen LogP contribution in [0.4, 0.5) is 18.9 Å². The van der Waals surface area contributed by atoms with Gasteiger partial charge < -0.3 is 10.1 Å². The molecule has 0 fully saturated rings. The van der Waals surface area contributed by atoms with Crippen LogP contribution in [-0.4, -0.2) is 16.6 Å². The van der Waals surface area contributed by atoms with E-state index in [1.165, 1.54) is 24.4 Å². The van der Waals surface area contributed by atoms with Gasteiger partial charge in [-0.1, -0.05) is 0 Å². The average Bonchev–Trinajstić information content (AvgIpc) is 2.54. The number of aromatic nitrogens is 2. The molecule has 2 aromatic heterocycles. The van der Waals surface area contributed by atoms with Crippen molar-refractivity contribution >= 4 is 16.6 Å². The molecule has 0 saturated heterocycles. The van der Waals surface area contributed by atoms with Gasteiger partial charge in [0.1, 0.15) is 11.6 Å². The number of hydrogen-bond acceptors (Lipinski definition) is 4. The molecule has 0 saturated carbocycles. The molecule has 24 heavy (non-hydrogen) atoms. The Kier molecular flexibility index (Phi) is 4.50. The highest BCUT2D eigenvalue weighted by molar-refractivity contribution is 5.91. The van der Waals surface area contributed by atoms with E-state index >= 15 is 0 Å². The fourth-order valence-electron chi connectivity index (χ4n) is 2.35. The fraction of sp³-hybridized carbons (Fsp3) is 0.176. The van der Waals surface area contributed by atoms with E-state index < -0.39 is 6.61 Å². The van der Waals surface area contributed by atoms with Gasteiger partial charge in [-0.15, -0.1) is 0 Å². The highest BCUT2D eigenvalue weighted by Gasteiger charge is 2.07. The van der Waals surface area contributed by atoms with E-state index in [4.69, 9.17) is 0 Å². The molecule has 0 radical (unpaired) electrons. The number of aryl methyl sites for hydroxylation is 1. The van der Waals surface area contributed by atoms with Crippen LogP contribution < -0.4 is 10.1 Å². The molecule has 3 rings (SSSR count). The molecule has 0 spiro atoms. The number of nitrogens with one attached hydrogen (secondary N) is 1. The third kappa shape index (κ3) is 3.73. The van der Waals surface area contributed by atoms with Crippen molar-refractivity contribution in [3.8, 4) is 5.75 Å². The number of rotatable bonds is 5. The zero-order valence-corrected chi connectivity index (χ0v) is 12.8. The van der Waals surface area contributed by atoms with Gasteiger partial charge in [-0.05, 0) is 43.3 Å². The van der Waals surface area contributed by atoms with Crippen molar-refractivity contribution in [2.75, 3.05) is 5.32 Å². The smallest absolute Gasteiger partial charge is 0.387 e. The number of fused-ring (bicyclic) bond motifs is 1. The number of nitrogens with zero attached hydrogens (tertiary/aromatic N) is 2. The standard InChI is InChI=1S/C17H14F3N3O/c1-10-6-16(14-7-11(18)2-5-15(14)23-10)22-8-12-3-4-13(9-21-12)24-17(19)20/h2-7,9,17H,8H2,1H3,(H,22,23). The Labute approximate surface area is 136 Å². The van der Waals surface area contributed by atoms with Crippen LogP contribution in [0.25, 0.3) is 10.9 Å². The highest BCUT2D eigenvalue weighted by Crippen LogP contribution is 2.24. The van der Waals surface area contributed by atoms with Crippen molar-refractivity contribution in [1.29, 1.82) is 0 Å². The molecule has 124 valence electrons. The van der Waals surface area contributed by atoms with Crippen LogP contribution in [0.2, 0.25) is 0 Å². The Bertz CT molecular complexity index is 854. The molecule has 3 aromatic rings. The maximum Gasteiger partial charge on any atom is 0.387 e. The third-order valence-electron chi connectivity index (χ3n) is 3.38. The molecule has 0 unspecified atom stereocenters. The summed E-state index contributed by atoms with van der Waals surface area (Å²) in [5, 5.41) is 3.84. The van der Waals surface area contributed by atoms with E-state index in [0.717, 1.165) is 11.4 Å². The third-order valence-corrected chi connectivity index (χ3v) is 3.38. The lowest BCUT2D eigenvalue weighted by Gasteiger charge is -2.11. The minimum atomic E-state index is -2.88. The summed E-state index contributed by atoms with van der Waals surface area (Å²) in [6.45, 7) is -0.677. The van der Waals surface area contributed by atoms with Crippen molar-refractivity contribution < 1.29 is 17.9 Å². The molecular formula is C17H14F3N3O. The summed E-state index contributed by atoms with van der Waals surface area (Å²) in [4.78, 5) is 8.42. The molecule has 1 aromatic carbocycles. The van der Waals surface area contributed by atoms with Crippen molar-refractivity contribution in [2.24, 2.45) is 0 Å². The van der Waals surface area contributed by atoms with Gasteiger partial charge in [0.15, 0.2) is 0 Å². The van der Waals surface area contributed by atoms with Gasteiger partial charge in [0.2, 0.25) is 0 Å². The normalized spacial score (nSPS) is 11.0. The molecule has 1 N–H and O–H groups in total. The second kappa shape index (κ2) is 6.74. The van der Waals surface area contributed by atoms with Crippen LogP contribution in [-0.2, 0) is 6.54 Å². The van der Waals surface area contributed by atoms with Crippen LogP contribution in [0, 0.1) is 12.7 Å². The van der Waals surface area contributed by atoms with E-state index in [0.29, 0.717) is 23.1 Å². The average molecular weight is 333 g/mol. The van der Waals surface area contributed by atoms with E-state index in [9.17, 15) is 13.2 Å². The van der Waals surface area contributed by atoms with Gasteiger partial charge in [-0.25, -0.2) is 4.39 Å². The number of alkyl halides is 2. The summed E-state index contributed by atoms with van der Waals surface area (Å²) < 4.78 is 42.0. The molecule has 0 aliphatic carbocycles.